The van der Waals surface area contributed by atoms with Gasteiger partial charge in [-0.05, 0) is 13.3 Å². The van der Waals surface area contributed by atoms with E-state index in [0.717, 1.165) is 7.11 Å². The molecule has 2 atom stereocenters. The van der Waals surface area contributed by atoms with Gasteiger partial charge in [-0.25, -0.2) is 9.59 Å². The van der Waals surface area contributed by atoms with Crippen LogP contribution in [0, 0.1) is 0 Å². The fourth-order valence-electron chi connectivity index (χ4n) is 0.641. The van der Waals surface area contributed by atoms with Crippen LogP contribution in [-0.4, -0.2) is 36.4 Å². The second-order valence-corrected chi connectivity index (χ2v) is 2.61. The van der Waals surface area contributed by atoms with Gasteiger partial charge < -0.3 is 14.6 Å². The summed E-state index contributed by atoms with van der Waals surface area (Å²) >= 11 is 0. The Kier molecular flexibility index (Phi) is 5.06. The first-order valence-corrected chi connectivity index (χ1v) is 3.99. The molecular weight excluding hydrogens is 176 g/mol. The molecule has 0 aliphatic carbocycles. The Morgan fingerprint density at radius 2 is 2.00 bits per heavy atom. The van der Waals surface area contributed by atoms with Crippen molar-refractivity contribution < 1.29 is 24.2 Å². The summed E-state index contributed by atoms with van der Waals surface area (Å²) in [6.45, 7) is 3.52. The maximum Gasteiger partial charge on any atom is 0.347 e. The van der Waals surface area contributed by atoms with E-state index >= 15 is 0 Å². The van der Waals surface area contributed by atoms with Crippen molar-refractivity contribution >= 4 is 11.9 Å². The Bertz CT molecular complexity index is 189. The van der Waals surface area contributed by atoms with Crippen LogP contribution < -0.4 is 0 Å². The van der Waals surface area contributed by atoms with Crippen LogP contribution >= 0.6 is 0 Å². The topological polar surface area (TPSA) is 72.8 Å². The molecule has 0 aliphatic rings. The Labute approximate surface area is 76.6 Å². The second-order valence-electron chi connectivity index (χ2n) is 2.61. The van der Waals surface area contributed by atoms with E-state index in [9.17, 15) is 9.59 Å². The van der Waals surface area contributed by atoms with Gasteiger partial charge in [0, 0.05) is 7.11 Å². The molecule has 0 spiro atoms. The molecule has 0 aromatic heterocycles. The summed E-state index contributed by atoms with van der Waals surface area (Å²) in [5, 5.41) is 8.50. The number of rotatable bonds is 5. The number of carboxylic acids is 1. The van der Waals surface area contributed by atoms with Crippen molar-refractivity contribution in [3.8, 4) is 0 Å². The molecule has 0 saturated heterocycles. The van der Waals surface area contributed by atoms with Crippen molar-refractivity contribution in [1.29, 1.82) is 0 Å². The number of carbonyl (C=O) groups excluding carboxylic acids is 1. The molecule has 0 heterocycles. The summed E-state index contributed by atoms with van der Waals surface area (Å²) in [6.07, 6.45) is -1.17. The van der Waals surface area contributed by atoms with Crippen LogP contribution in [0.5, 0.6) is 0 Å². The highest BCUT2D eigenvalue weighted by Crippen LogP contribution is 2.01. The molecule has 2 unspecified atom stereocenters. The lowest BCUT2D eigenvalue weighted by atomic mass is 10.3. The largest absolute Gasteiger partial charge is 0.479 e. The van der Waals surface area contributed by atoms with Crippen molar-refractivity contribution in [2.75, 3.05) is 7.11 Å². The van der Waals surface area contributed by atoms with Gasteiger partial charge >= 0.3 is 11.9 Å². The third-order valence-electron chi connectivity index (χ3n) is 1.57. The lowest BCUT2D eigenvalue weighted by molar-refractivity contribution is -0.170. The quantitative estimate of drug-likeness (QED) is 0.502. The van der Waals surface area contributed by atoms with E-state index in [1.54, 1.807) is 6.92 Å². The molecule has 5 nitrogen and oxygen atoms in total. The van der Waals surface area contributed by atoms with Crippen LogP contribution in [0.4, 0.5) is 0 Å². The number of esters is 1. The molecule has 1 N–H and O–H groups in total. The Balaban J connectivity index is 4.14. The first-order valence-electron chi connectivity index (χ1n) is 3.99. The summed E-state index contributed by atoms with van der Waals surface area (Å²) < 4.78 is 9.21. The molecule has 0 radical (unpaired) electrons. The standard InChI is InChI=1S/C8H14O5/c1-4-5(2)13-8(11)6(12-3)7(9)10/h5-6H,4H2,1-3H3,(H,9,10). The van der Waals surface area contributed by atoms with E-state index in [-0.39, 0.29) is 6.10 Å². The SMILES string of the molecule is CCC(C)OC(=O)C(OC)C(=O)O. The number of methoxy groups -OCH3 is 1. The van der Waals surface area contributed by atoms with Gasteiger partial charge in [0.25, 0.3) is 6.10 Å². The number of aliphatic carboxylic acids is 1. The lowest BCUT2D eigenvalue weighted by Crippen LogP contribution is -2.35. The predicted molar refractivity (Wildman–Crippen MR) is 44.3 cm³/mol. The monoisotopic (exact) mass is 190 g/mol. The molecule has 13 heavy (non-hydrogen) atoms. The summed E-state index contributed by atoms with van der Waals surface area (Å²) in [5.74, 6) is -2.19. The van der Waals surface area contributed by atoms with Crippen molar-refractivity contribution in [1.82, 2.24) is 0 Å². The number of hydrogen-bond donors (Lipinski definition) is 1. The summed E-state index contributed by atoms with van der Waals surface area (Å²) in [4.78, 5) is 21.5. The van der Waals surface area contributed by atoms with Crippen molar-refractivity contribution in [3.05, 3.63) is 0 Å². The molecule has 0 fully saturated rings. The van der Waals surface area contributed by atoms with Crippen LogP contribution in [0.1, 0.15) is 20.3 Å². The van der Waals surface area contributed by atoms with Gasteiger partial charge in [-0.3, -0.25) is 0 Å². The third kappa shape index (κ3) is 3.89. The van der Waals surface area contributed by atoms with Gasteiger partial charge in [0.2, 0.25) is 0 Å². The van der Waals surface area contributed by atoms with Crippen molar-refractivity contribution in [2.45, 2.75) is 32.5 Å². The Hall–Kier alpha value is -1.10. The average molecular weight is 190 g/mol. The van der Waals surface area contributed by atoms with E-state index in [1.165, 1.54) is 0 Å². The third-order valence-corrected chi connectivity index (χ3v) is 1.57. The molecule has 0 amide bonds. The predicted octanol–water partition coefficient (Wildman–Crippen LogP) is 0.428. The smallest absolute Gasteiger partial charge is 0.347 e. The van der Waals surface area contributed by atoms with Crippen molar-refractivity contribution in [2.24, 2.45) is 0 Å². The minimum atomic E-state index is -1.52. The molecule has 5 heteroatoms. The zero-order valence-electron chi connectivity index (χ0n) is 7.94. The first-order chi connectivity index (χ1) is 6.02. The summed E-state index contributed by atoms with van der Waals surface area (Å²) in [5.41, 5.74) is 0. The molecule has 0 rings (SSSR count). The van der Waals surface area contributed by atoms with E-state index < -0.39 is 18.0 Å². The molecule has 0 aromatic rings. The van der Waals surface area contributed by atoms with Gasteiger partial charge in [-0.2, -0.15) is 0 Å². The lowest BCUT2D eigenvalue weighted by Gasteiger charge is -2.14. The average Bonchev–Trinajstić information content (AvgIpc) is 2.04. The molecule has 76 valence electrons. The minimum Gasteiger partial charge on any atom is -0.479 e. The number of carboxylic acid groups (broad SMARTS) is 1. The summed E-state index contributed by atoms with van der Waals surface area (Å²) in [6, 6.07) is 0. The first kappa shape index (κ1) is 11.9. The molecule has 0 saturated carbocycles. The molecule has 0 aliphatic heterocycles. The fraction of sp³-hybridized carbons (Fsp3) is 0.750. The van der Waals surface area contributed by atoms with E-state index in [4.69, 9.17) is 9.84 Å². The number of carbonyl (C=O) groups is 2. The van der Waals surface area contributed by atoms with Crippen LogP contribution in [0.3, 0.4) is 0 Å². The van der Waals surface area contributed by atoms with Crippen LogP contribution in [0.15, 0.2) is 0 Å². The van der Waals surface area contributed by atoms with Crippen LogP contribution in [0.25, 0.3) is 0 Å². The zero-order chi connectivity index (χ0) is 10.4. The van der Waals surface area contributed by atoms with Gasteiger partial charge in [-0.15, -0.1) is 0 Å². The fourth-order valence-corrected chi connectivity index (χ4v) is 0.641. The van der Waals surface area contributed by atoms with Gasteiger partial charge in [0.15, 0.2) is 0 Å². The molecule has 0 bridgehead atoms. The highest BCUT2D eigenvalue weighted by Gasteiger charge is 2.28. The maximum absolute atomic E-state index is 11.1. The van der Waals surface area contributed by atoms with Crippen LogP contribution in [0.2, 0.25) is 0 Å². The van der Waals surface area contributed by atoms with Gasteiger partial charge in [0.1, 0.15) is 0 Å². The van der Waals surface area contributed by atoms with Gasteiger partial charge in [0.05, 0.1) is 6.10 Å². The Morgan fingerprint density at radius 1 is 1.46 bits per heavy atom. The highest BCUT2D eigenvalue weighted by atomic mass is 16.6. The summed E-state index contributed by atoms with van der Waals surface area (Å²) in [7, 11) is 1.15. The van der Waals surface area contributed by atoms with E-state index in [2.05, 4.69) is 4.74 Å². The number of hydrogen-bond acceptors (Lipinski definition) is 4. The van der Waals surface area contributed by atoms with Crippen molar-refractivity contribution in [3.63, 3.8) is 0 Å². The van der Waals surface area contributed by atoms with E-state index in [1.807, 2.05) is 6.92 Å². The van der Waals surface area contributed by atoms with E-state index in [0.29, 0.717) is 6.42 Å². The van der Waals surface area contributed by atoms with Crippen LogP contribution in [-0.2, 0) is 19.1 Å². The maximum atomic E-state index is 11.1. The normalized spacial score (nSPS) is 14.7. The zero-order valence-corrected chi connectivity index (χ0v) is 7.94. The minimum absolute atomic E-state index is 0.288. The number of ether oxygens (including phenoxy) is 2. The molecular formula is C8H14O5. The molecule has 0 aromatic carbocycles. The Morgan fingerprint density at radius 3 is 2.31 bits per heavy atom. The highest BCUT2D eigenvalue weighted by molar-refractivity contribution is 5.97. The second kappa shape index (κ2) is 5.53. The van der Waals surface area contributed by atoms with Gasteiger partial charge in [-0.1, -0.05) is 6.92 Å².